The van der Waals surface area contributed by atoms with Gasteiger partial charge in [-0.15, -0.1) is 0 Å². The first-order valence-corrected chi connectivity index (χ1v) is 6.77. The van der Waals surface area contributed by atoms with E-state index in [9.17, 15) is 15.2 Å². The molecule has 0 unspecified atom stereocenters. The summed E-state index contributed by atoms with van der Waals surface area (Å²) < 4.78 is 0. The number of fused-ring (bicyclic) bond motifs is 1. The summed E-state index contributed by atoms with van der Waals surface area (Å²) >= 11 is 0. The lowest BCUT2D eigenvalue weighted by molar-refractivity contribution is 0.0697. The fraction of sp³-hybridized carbons (Fsp3) is 0.111. The van der Waals surface area contributed by atoms with Crippen LogP contribution in [-0.4, -0.2) is 11.1 Å². The number of nitriles is 1. The van der Waals surface area contributed by atoms with E-state index in [2.05, 4.69) is 12.1 Å². The Bertz CT molecular complexity index is 797. The molecule has 0 spiro atoms. The third kappa shape index (κ3) is 2.32. The molecule has 3 rings (SSSR count). The maximum atomic E-state index is 11.2. The lowest BCUT2D eigenvalue weighted by Crippen LogP contribution is -2.05. The van der Waals surface area contributed by atoms with Gasteiger partial charge in [0.25, 0.3) is 0 Å². The van der Waals surface area contributed by atoms with Gasteiger partial charge in [0.1, 0.15) is 0 Å². The minimum Gasteiger partial charge on any atom is -0.478 e. The average Bonchev–Trinajstić information content (AvgIpc) is 2.53. The van der Waals surface area contributed by atoms with E-state index >= 15 is 0 Å². The molecule has 0 aliphatic heterocycles. The number of hydrogen-bond donors (Lipinski definition) is 1. The van der Waals surface area contributed by atoms with Crippen LogP contribution in [0.5, 0.6) is 0 Å². The van der Waals surface area contributed by atoms with Crippen molar-refractivity contribution in [2.45, 2.75) is 12.8 Å². The van der Waals surface area contributed by atoms with Gasteiger partial charge in [-0.3, -0.25) is 0 Å². The number of nitrogens with zero attached hydrogens (tertiary/aromatic N) is 1. The molecule has 0 bridgehead atoms. The predicted molar refractivity (Wildman–Crippen MR) is 80.0 cm³/mol. The molecule has 2 aromatic rings. The number of aryl methyl sites for hydroxylation is 1. The number of benzene rings is 2. The fourth-order valence-electron chi connectivity index (χ4n) is 2.73. The molecule has 0 amide bonds. The smallest absolute Gasteiger partial charge is 0.335 e. The molecule has 0 saturated heterocycles. The van der Waals surface area contributed by atoms with Gasteiger partial charge >= 0.3 is 5.97 Å². The summed E-state index contributed by atoms with van der Waals surface area (Å²) in [6, 6.07) is 14.8. The fourth-order valence-corrected chi connectivity index (χ4v) is 2.73. The monoisotopic (exact) mass is 275 g/mol. The summed E-state index contributed by atoms with van der Waals surface area (Å²) in [6.45, 7) is 0. The van der Waals surface area contributed by atoms with Crippen LogP contribution in [0.3, 0.4) is 0 Å². The highest BCUT2D eigenvalue weighted by atomic mass is 16.4. The van der Waals surface area contributed by atoms with Gasteiger partial charge in [-0.25, -0.2) is 4.79 Å². The van der Waals surface area contributed by atoms with Crippen molar-refractivity contribution in [1.29, 1.82) is 5.26 Å². The van der Waals surface area contributed by atoms with Gasteiger partial charge in [0.05, 0.1) is 17.2 Å². The third-order valence-corrected chi connectivity index (χ3v) is 3.75. The molecular weight excluding hydrogens is 262 g/mol. The molecule has 102 valence electrons. The molecule has 0 atom stereocenters. The van der Waals surface area contributed by atoms with Gasteiger partial charge in [0.2, 0.25) is 0 Å². The molecule has 0 heterocycles. The summed E-state index contributed by atoms with van der Waals surface area (Å²) in [6.07, 6.45) is 3.88. The minimum atomic E-state index is -0.934. The molecule has 1 aliphatic rings. The Labute approximate surface area is 122 Å². The second-order valence-electron chi connectivity index (χ2n) is 4.99. The van der Waals surface area contributed by atoms with Crippen LogP contribution in [0.25, 0.3) is 5.57 Å². The Morgan fingerprint density at radius 2 is 1.95 bits per heavy atom. The van der Waals surface area contributed by atoms with E-state index in [0.717, 1.165) is 35.1 Å². The third-order valence-electron chi connectivity index (χ3n) is 3.75. The molecule has 21 heavy (non-hydrogen) atoms. The van der Waals surface area contributed by atoms with Crippen molar-refractivity contribution in [3.63, 3.8) is 0 Å². The first-order chi connectivity index (χ1) is 10.2. The van der Waals surface area contributed by atoms with Crippen LogP contribution in [0.4, 0.5) is 0 Å². The highest BCUT2D eigenvalue weighted by Gasteiger charge is 2.18. The predicted octanol–water partition coefficient (Wildman–Crippen LogP) is 3.63. The van der Waals surface area contributed by atoms with E-state index < -0.39 is 5.97 Å². The SMILES string of the molecule is N#Cc1ccccc1C1=CCCc2ccc(C(=O)O)cc21. The maximum absolute atomic E-state index is 11.2. The molecule has 3 heteroatoms. The summed E-state index contributed by atoms with van der Waals surface area (Å²) in [5.74, 6) is -0.934. The Balaban J connectivity index is 2.19. The topological polar surface area (TPSA) is 61.1 Å². The lowest BCUT2D eigenvalue weighted by Gasteiger charge is -2.19. The van der Waals surface area contributed by atoms with Crippen molar-refractivity contribution in [3.8, 4) is 6.07 Å². The van der Waals surface area contributed by atoms with Crippen LogP contribution >= 0.6 is 0 Å². The van der Waals surface area contributed by atoms with Crippen molar-refractivity contribution >= 4 is 11.5 Å². The summed E-state index contributed by atoms with van der Waals surface area (Å²) in [7, 11) is 0. The number of allylic oxidation sites excluding steroid dienone is 1. The Kier molecular flexibility index (Phi) is 3.29. The minimum absolute atomic E-state index is 0.274. The van der Waals surface area contributed by atoms with Gasteiger partial charge in [0.15, 0.2) is 0 Å². The summed E-state index contributed by atoms with van der Waals surface area (Å²) in [5, 5.41) is 18.4. The maximum Gasteiger partial charge on any atom is 0.335 e. The van der Waals surface area contributed by atoms with Crippen LogP contribution in [-0.2, 0) is 6.42 Å². The van der Waals surface area contributed by atoms with Crippen LogP contribution < -0.4 is 0 Å². The van der Waals surface area contributed by atoms with E-state index in [1.54, 1.807) is 18.2 Å². The van der Waals surface area contributed by atoms with Gasteiger partial charge < -0.3 is 5.11 Å². The van der Waals surface area contributed by atoms with Crippen molar-refractivity contribution in [1.82, 2.24) is 0 Å². The molecule has 0 radical (unpaired) electrons. The van der Waals surface area contributed by atoms with Gasteiger partial charge in [0, 0.05) is 0 Å². The van der Waals surface area contributed by atoms with Gasteiger partial charge in [-0.2, -0.15) is 5.26 Å². The number of rotatable bonds is 2. The molecular formula is C18H13NO2. The van der Waals surface area contributed by atoms with Gasteiger partial charge in [-0.1, -0.05) is 30.3 Å². The second-order valence-corrected chi connectivity index (χ2v) is 4.99. The van der Waals surface area contributed by atoms with Crippen molar-refractivity contribution < 1.29 is 9.90 Å². The molecule has 2 aromatic carbocycles. The summed E-state index contributed by atoms with van der Waals surface area (Å²) in [5.41, 5.74) is 4.75. The van der Waals surface area contributed by atoms with Crippen molar-refractivity contribution in [2.24, 2.45) is 0 Å². The van der Waals surface area contributed by atoms with Crippen molar-refractivity contribution in [3.05, 3.63) is 76.4 Å². The molecule has 1 aliphatic carbocycles. The van der Waals surface area contributed by atoms with Crippen LogP contribution in [0.15, 0.2) is 48.5 Å². The van der Waals surface area contributed by atoms with E-state index in [0.29, 0.717) is 5.56 Å². The number of carboxylic acids is 1. The standard InChI is InChI=1S/C18H13NO2/c19-11-14-4-1-2-6-15(14)16-7-3-5-12-8-9-13(18(20)21)10-17(12)16/h1-2,4,6-10H,3,5H2,(H,20,21). The number of carboxylic acid groups (broad SMARTS) is 1. The summed E-state index contributed by atoms with van der Waals surface area (Å²) in [4.78, 5) is 11.2. The quantitative estimate of drug-likeness (QED) is 0.910. The molecule has 1 N–H and O–H groups in total. The lowest BCUT2D eigenvalue weighted by atomic mass is 9.84. The first kappa shape index (κ1) is 13.1. The van der Waals surface area contributed by atoms with Crippen molar-refractivity contribution in [2.75, 3.05) is 0 Å². The van der Waals surface area contributed by atoms with E-state index in [4.69, 9.17) is 0 Å². The zero-order valence-electron chi connectivity index (χ0n) is 11.3. The van der Waals surface area contributed by atoms with Crippen LogP contribution in [0, 0.1) is 11.3 Å². The van der Waals surface area contributed by atoms with E-state index in [-0.39, 0.29) is 5.56 Å². The zero-order chi connectivity index (χ0) is 14.8. The zero-order valence-corrected chi connectivity index (χ0v) is 11.3. The second kappa shape index (κ2) is 5.26. The average molecular weight is 275 g/mol. The Morgan fingerprint density at radius 3 is 2.71 bits per heavy atom. The van der Waals surface area contributed by atoms with E-state index in [1.807, 2.05) is 24.3 Å². The number of aromatic carboxylic acids is 1. The van der Waals surface area contributed by atoms with Gasteiger partial charge in [-0.05, 0) is 53.3 Å². The largest absolute Gasteiger partial charge is 0.478 e. The molecule has 0 fully saturated rings. The highest BCUT2D eigenvalue weighted by Crippen LogP contribution is 2.33. The normalized spacial score (nSPS) is 13.0. The molecule has 0 aromatic heterocycles. The van der Waals surface area contributed by atoms with Crippen LogP contribution in [0.2, 0.25) is 0 Å². The Morgan fingerprint density at radius 1 is 1.14 bits per heavy atom. The Hall–Kier alpha value is -2.86. The highest BCUT2D eigenvalue weighted by molar-refractivity contribution is 5.92. The van der Waals surface area contributed by atoms with E-state index in [1.165, 1.54) is 0 Å². The van der Waals surface area contributed by atoms with Crippen LogP contribution in [0.1, 0.15) is 39.0 Å². The number of hydrogen-bond acceptors (Lipinski definition) is 2. The first-order valence-electron chi connectivity index (χ1n) is 6.77. The molecule has 3 nitrogen and oxygen atoms in total. The molecule has 0 saturated carbocycles. The number of carbonyl (C=O) groups is 1.